The van der Waals surface area contributed by atoms with E-state index in [0.29, 0.717) is 22.7 Å². The maximum Gasteiger partial charge on any atom is 0.255 e. The molecule has 0 radical (unpaired) electrons. The lowest BCUT2D eigenvalue weighted by Gasteiger charge is -2.21. The highest BCUT2D eigenvalue weighted by Gasteiger charge is 2.44. The Bertz CT molecular complexity index is 1090. The van der Waals surface area contributed by atoms with Gasteiger partial charge >= 0.3 is 0 Å². The molecule has 1 saturated carbocycles. The molecule has 8 heteroatoms. The van der Waals surface area contributed by atoms with Gasteiger partial charge in [0.25, 0.3) is 11.7 Å². The number of hydrogen-bond donors (Lipinski definition) is 2. The predicted molar refractivity (Wildman–Crippen MR) is 109 cm³/mol. The quantitative estimate of drug-likeness (QED) is 0.796. The van der Waals surface area contributed by atoms with Crippen LogP contribution in [0.5, 0.6) is 11.5 Å². The lowest BCUT2D eigenvalue weighted by molar-refractivity contribution is -0.0716. The fraction of sp³-hybridized carbons (Fsp3) is 0.381. The summed E-state index contributed by atoms with van der Waals surface area (Å²) in [5.41, 5.74) is 2.16. The third kappa shape index (κ3) is 3.58. The van der Waals surface area contributed by atoms with Crippen molar-refractivity contribution in [2.75, 3.05) is 12.4 Å². The molecule has 29 heavy (non-hydrogen) atoms. The average molecular weight is 416 g/mol. The van der Waals surface area contributed by atoms with E-state index in [2.05, 4.69) is 10.0 Å². The van der Waals surface area contributed by atoms with Crippen molar-refractivity contribution in [2.45, 2.75) is 50.2 Å². The van der Waals surface area contributed by atoms with E-state index in [4.69, 9.17) is 9.47 Å². The Morgan fingerprint density at radius 1 is 1.03 bits per heavy atom. The Kier molecular flexibility index (Phi) is 4.78. The first-order valence-electron chi connectivity index (χ1n) is 9.61. The van der Waals surface area contributed by atoms with Crippen LogP contribution in [0.2, 0.25) is 0 Å². The monoisotopic (exact) mass is 416 g/mol. The topological polar surface area (TPSA) is 93.7 Å². The summed E-state index contributed by atoms with van der Waals surface area (Å²) in [6.45, 7) is 3.50. The van der Waals surface area contributed by atoms with Crippen molar-refractivity contribution in [3.63, 3.8) is 0 Å². The van der Waals surface area contributed by atoms with Crippen molar-refractivity contribution in [3.05, 3.63) is 47.0 Å². The van der Waals surface area contributed by atoms with Crippen molar-refractivity contribution in [1.82, 2.24) is 4.72 Å². The molecule has 0 unspecified atom stereocenters. The number of carbonyl (C=O) groups is 1. The number of benzene rings is 2. The van der Waals surface area contributed by atoms with Crippen LogP contribution in [-0.2, 0) is 10.0 Å². The molecule has 0 atom stereocenters. The van der Waals surface area contributed by atoms with Gasteiger partial charge in [-0.05, 0) is 69.1 Å². The Morgan fingerprint density at radius 2 is 1.72 bits per heavy atom. The van der Waals surface area contributed by atoms with Gasteiger partial charge in [-0.15, -0.1) is 0 Å². The zero-order valence-corrected chi connectivity index (χ0v) is 17.5. The maximum absolute atomic E-state index is 12.8. The molecular weight excluding hydrogens is 392 g/mol. The highest BCUT2D eigenvalue weighted by Crippen LogP contribution is 2.47. The number of ether oxygens (including phenoxy) is 2. The molecule has 2 aromatic rings. The summed E-state index contributed by atoms with van der Waals surface area (Å²) in [6.07, 6.45) is 3.86. The van der Waals surface area contributed by atoms with Crippen LogP contribution in [0.15, 0.2) is 35.2 Å². The number of aryl methyl sites for hydroxylation is 1. The fourth-order valence-electron chi connectivity index (χ4n) is 3.84. The number of hydrogen-bond acceptors (Lipinski definition) is 5. The van der Waals surface area contributed by atoms with Gasteiger partial charge in [0, 0.05) is 30.2 Å². The molecule has 2 N–H and O–H groups in total. The van der Waals surface area contributed by atoms with Crippen molar-refractivity contribution in [3.8, 4) is 11.5 Å². The number of nitrogens with one attached hydrogen (secondary N) is 2. The minimum atomic E-state index is -3.67. The van der Waals surface area contributed by atoms with Gasteiger partial charge in [-0.25, -0.2) is 13.1 Å². The molecule has 0 bridgehead atoms. The fourth-order valence-corrected chi connectivity index (χ4v) is 4.91. The summed E-state index contributed by atoms with van der Waals surface area (Å²) in [5.74, 6) is 0.340. The van der Waals surface area contributed by atoms with Crippen LogP contribution in [-0.4, -0.2) is 27.2 Å². The van der Waals surface area contributed by atoms with Gasteiger partial charge < -0.3 is 14.8 Å². The van der Waals surface area contributed by atoms with Gasteiger partial charge in [-0.2, -0.15) is 0 Å². The molecule has 7 nitrogen and oxygen atoms in total. The van der Waals surface area contributed by atoms with Gasteiger partial charge in [0.15, 0.2) is 11.5 Å². The van der Waals surface area contributed by atoms with Crippen molar-refractivity contribution < 1.29 is 22.7 Å². The van der Waals surface area contributed by atoms with E-state index in [1.165, 1.54) is 13.1 Å². The number of anilines is 1. The second kappa shape index (κ2) is 7.03. The molecule has 0 saturated heterocycles. The van der Waals surface area contributed by atoms with Crippen LogP contribution in [0.3, 0.4) is 0 Å². The number of sulfonamides is 1. The normalized spacial score (nSPS) is 16.9. The summed E-state index contributed by atoms with van der Waals surface area (Å²) < 4.78 is 38.9. The van der Waals surface area contributed by atoms with Crippen LogP contribution in [0.1, 0.15) is 47.2 Å². The highest BCUT2D eigenvalue weighted by atomic mass is 32.2. The van der Waals surface area contributed by atoms with Gasteiger partial charge in [0.05, 0.1) is 4.90 Å². The Morgan fingerprint density at radius 3 is 2.41 bits per heavy atom. The van der Waals surface area contributed by atoms with Gasteiger partial charge in [0.2, 0.25) is 10.0 Å². The van der Waals surface area contributed by atoms with E-state index in [1.54, 1.807) is 38.1 Å². The Balaban J connectivity index is 1.58. The van der Waals surface area contributed by atoms with Gasteiger partial charge in [0.1, 0.15) is 0 Å². The smallest absolute Gasteiger partial charge is 0.255 e. The highest BCUT2D eigenvalue weighted by molar-refractivity contribution is 7.89. The van der Waals surface area contributed by atoms with Crippen molar-refractivity contribution in [2.24, 2.45) is 0 Å². The van der Waals surface area contributed by atoms with Gasteiger partial charge in [-0.1, -0.05) is 0 Å². The Hall–Kier alpha value is -2.58. The summed E-state index contributed by atoms with van der Waals surface area (Å²) in [5, 5.41) is 2.82. The summed E-state index contributed by atoms with van der Waals surface area (Å²) in [4.78, 5) is 12.9. The first kappa shape index (κ1) is 19.7. The molecular formula is C21H24N2O5S. The SMILES string of the molecule is CNS(=O)(=O)c1cc(C(=O)Nc2ccc3c(c2)OC2(CCCC2)O3)cc(C)c1C. The van der Waals surface area contributed by atoms with Crippen LogP contribution in [0.4, 0.5) is 5.69 Å². The molecule has 0 aromatic heterocycles. The van der Waals surface area contributed by atoms with Crippen LogP contribution < -0.4 is 19.5 Å². The molecule has 154 valence electrons. The summed E-state index contributed by atoms with van der Waals surface area (Å²) in [7, 11) is -2.32. The summed E-state index contributed by atoms with van der Waals surface area (Å²) in [6, 6.07) is 8.35. The van der Waals surface area contributed by atoms with Crippen LogP contribution in [0, 0.1) is 13.8 Å². The molecule has 1 fully saturated rings. The first-order chi connectivity index (χ1) is 13.7. The number of rotatable bonds is 4. The van der Waals surface area contributed by atoms with Gasteiger partial charge in [-0.3, -0.25) is 4.79 Å². The molecule has 2 aliphatic rings. The minimum Gasteiger partial charge on any atom is -0.448 e. The largest absolute Gasteiger partial charge is 0.448 e. The number of carbonyl (C=O) groups excluding carboxylic acids is 1. The number of amides is 1. The molecule has 1 heterocycles. The second-order valence-electron chi connectivity index (χ2n) is 7.56. The molecule has 1 amide bonds. The van der Waals surface area contributed by atoms with E-state index >= 15 is 0 Å². The zero-order valence-electron chi connectivity index (χ0n) is 16.7. The Labute approximate surface area is 170 Å². The van der Waals surface area contributed by atoms with Crippen molar-refractivity contribution >= 4 is 21.6 Å². The van der Waals surface area contributed by atoms with Crippen LogP contribution in [0.25, 0.3) is 0 Å². The third-order valence-electron chi connectivity index (χ3n) is 5.60. The second-order valence-corrected chi connectivity index (χ2v) is 9.42. The van der Waals surface area contributed by atoms with E-state index in [9.17, 15) is 13.2 Å². The minimum absolute atomic E-state index is 0.0963. The molecule has 1 aliphatic heterocycles. The number of fused-ring (bicyclic) bond motifs is 1. The van der Waals surface area contributed by atoms with E-state index in [1.807, 2.05) is 0 Å². The molecule has 1 aliphatic carbocycles. The molecule has 1 spiro atoms. The lowest BCUT2D eigenvalue weighted by atomic mass is 10.1. The predicted octanol–water partition coefficient (Wildman–Crippen LogP) is 3.51. The lowest BCUT2D eigenvalue weighted by Crippen LogP contribution is -2.34. The molecule has 2 aromatic carbocycles. The van der Waals surface area contributed by atoms with Crippen LogP contribution >= 0.6 is 0 Å². The average Bonchev–Trinajstić information content (AvgIpc) is 3.29. The van der Waals surface area contributed by atoms with Crippen molar-refractivity contribution in [1.29, 1.82) is 0 Å². The van der Waals surface area contributed by atoms with E-state index < -0.39 is 21.7 Å². The zero-order chi connectivity index (χ0) is 20.8. The standard InChI is InChI=1S/C21H24N2O5S/c1-13-10-15(11-19(14(13)2)29(25,26)22-3)20(24)23-16-6-7-17-18(12-16)28-21(27-17)8-4-5-9-21/h6-7,10-12,22H,4-5,8-9H2,1-3H3,(H,23,24). The van der Waals surface area contributed by atoms with E-state index in [0.717, 1.165) is 31.2 Å². The van der Waals surface area contributed by atoms with E-state index in [-0.39, 0.29) is 10.5 Å². The molecule has 4 rings (SSSR count). The maximum atomic E-state index is 12.8. The summed E-state index contributed by atoms with van der Waals surface area (Å²) >= 11 is 0. The third-order valence-corrected chi connectivity index (χ3v) is 7.14. The first-order valence-corrected chi connectivity index (χ1v) is 11.1.